The van der Waals surface area contributed by atoms with Crippen molar-refractivity contribution in [1.82, 2.24) is 16.0 Å². The number of carbonyl (C=O) groups is 4. The molecule has 13 heteroatoms. The van der Waals surface area contributed by atoms with E-state index in [1.165, 1.54) is 6.92 Å². The first-order valence-corrected chi connectivity index (χ1v) is 9.94. The average molecular weight is 446 g/mol. The molecule has 0 aliphatic heterocycles. The van der Waals surface area contributed by atoms with Gasteiger partial charge in [-0.15, -0.1) is 0 Å². The summed E-state index contributed by atoms with van der Waals surface area (Å²) in [6.45, 7) is 4.78. The van der Waals surface area contributed by atoms with E-state index < -0.39 is 54.5 Å². The summed E-state index contributed by atoms with van der Waals surface area (Å²) in [5.74, 6) is -3.38. The Morgan fingerprint density at radius 1 is 1.03 bits per heavy atom. The van der Waals surface area contributed by atoms with E-state index in [2.05, 4.69) is 20.9 Å². The number of nitrogens with one attached hydrogen (secondary N) is 3. The maximum absolute atomic E-state index is 12.4. The van der Waals surface area contributed by atoms with Crippen LogP contribution in [-0.2, 0) is 19.2 Å². The van der Waals surface area contributed by atoms with E-state index in [-0.39, 0.29) is 31.3 Å². The lowest BCUT2D eigenvalue weighted by Gasteiger charge is -2.23. The first kappa shape index (κ1) is 28.1. The quantitative estimate of drug-likeness (QED) is 0.0769. The number of nitrogens with two attached hydrogens (primary N) is 3. The molecule has 0 aromatic carbocycles. The van der Waals surface area contributed by atoms with Crippen LogP contribution in [0.2, 0.25) is 0 Å². The van der Waals surface area contributed by atoms with Crippen LogP contribution in [0.15, 0.2) is 4.99 Å². The lowest BCUT2D eigenvalue weighted by molar-refractivity contribution is -0.143. The van der Waals surface area contributed by atoms with Gasteiger partial charge in [0.25, 0.3) is 0 Å². The molecule has 0 rings (SSSR count). The third-order valence-corrected chi connectivity index (χ3v) is 4.13. The van der Waals surface area contributed by atoms with Crippen LogP contribution < -0.4 is 33.2 Å². The van der Waals surface area contributed by atoms with E-state index >= 15 is 0 Å². The Morgan fingerprint density at radius 2 is 1.65 bits per heavy atom. The van der Waals surface area contributed by atoms with Crippen molar-refractivity contribution in [3.8, 4) is 0 Å². The lowest BCUT2D eigenvalue weighted by Crippen LogP contribution is -2.57. The number of aliphatic carboxylic acids is 1. The third kappa shape index (κ3) is 12.4. The van der Waals surface area contributed by atoms with Crippen LogP contribution in [0.5, 0.6) is 0 Å². The number of carboxylic acid groups (broad SMARTS) is 1. The molecule has 0 aromatic rings. The van der Waals surface area contributed by atoms with Gasteiger partial charge in [-0.25, -0.2) is 4.79 Å². The van der Waals surface area contributed by atoms with Crippen LogP contribution in [0.25, 0.3) is 0 Å². The maximum atomic E-state index is 12.4. The van der Waals surface area contributed by atoms with Gasteiger partial charge in [0.15, 0.2) is 5.96 Å². The highest BCUT2D eigenvalue weighted by Crippen LogP contribution is 2.03. The minimum atomic E-state index is -1.42. The Balaban J connectivity index is 4.80. The van der Waals surface area contributed by atoms with Gasteiger partial charge in [-0.05, 0) is 32.1 Å². The van der Waals surface area contributed by atoms with Gasteiger partial charge in [0.1, 0.15) is 12.1 Å². The van der Waals surface area contributed by atoms with Crippen molar-refractivity contribution in [2.24, 2.45) is 28.1 Å². The summed E-state index contributed by atoms with van der Waals surface area (Å²) < 4.78 is 0. The van der Waals surface area contributed by atoms with Crippen LogP contribution in [0, 0.1) is 5.92 Å². The van der Waals surface area contributed by atoms with Gasteiger partial charge in [0, 0.05) is 6.54 Å². The molecule has 0 aliphatic rings. The van der Waals surface area contributed by atoms with Crippen molar-refractivity contribution in [3.05, 3.63) is 0 Å². The number of amides is 3. The van der Waals surface area contributed by atoms with Gasteiger partial charge in [-0.3, -0.25) is 19.4 Å². The highest BCUT2D eigenvalue weighted by molar-refractivity contribution is 5.92. The molecule has 0 radical (unpaired) electrons. The molecule has 0 bridgehead atoms. The summed E-state index contributed by atoms with van der Waals surface area (Å²) in [6, 6.07) is -3.47. The number of aliphatic hydroxyl groups is 1. The summed E-state index contributed by atoms with van der Waals surface area (Å²) in [6.07, 6.45) is -0.573. The standard InChI is InChI=1S/C18H35N7O6/c1-9(2)7-11(19)15(28)23-8-13(27)25-14(10(3)26)16(29)24-12(17(30)31)5-4-6-22-18(20)21/h9-12,14,26H,4-8,19H2,1-3H3,(H,23,28)(H,24,29)(H,25,27)(H,30,31)(H4,20,21,22). The Labute approximate surface area is 181 Å². The molecule has 4 unspecified atom stereocenters. The zero-order valence-corrected chi connectivity index (χ0v) is 18.1. The number of nitrogens with zero attached hydrogens (tertiary/aromatic N) is 1. The van der Waals surface area contributed by atoms with Crippen molar-refractivity contribution in [2.45, 2.75) is 64.3 Å². The van der Waals surface area contributed by atoms with E-state index in [0.717, 1.165) is 0 Å². The fraction of sp³-hybridized carbons (Fsp3) is 0.722. The molecule has 11 N–H and O–H groups in total. The van der Waals surface area contributed by atoms with E-state index in [0.29, 0.717) is 6.42 Å². The minimum absolute atomic E-state index is 0.0299. The molecule has 4 atom stereocenters. The normalized spacial score (nSPS) is 14.6. The summed E-state index contributed by atoms with van der Waals surface area (Å²) in [4.78, 5) is 51.5. The van der Waals surface area contributed by atoms with E-state index in [1.54, 1.807) is 0 Å². The maximum Gasteiger partial charge on any atom is 0.326 e. The SMILES string of the molecule is CC(C)CC(N)C(=O)NCC(=O)NC(C(=O)NC(CCCN=C(N)N)C(=O)O)C(C)O. The van der Waals surface area contributed by atoms with Crippen molar-refractivity contribution in [2.75, 3.05) is 13.1 Å². The molecular weight excluding hydrogens is 410 g/mol. The fourth-order valence-corrected chi connectivity index (χ4v) is 2.57. The highest BCUT2D eigenvalue weighted by atomic mass is 16.4. The monoisotopic (exact) mass is 445 g/mol. The molecule has 0 spiro atoms. The smallest absolute Gasteiger partial charge is 0.326 e. The molecule has 0 saturated heterocycles. The largest absolute Gasteiger partial charge is 0.480 e. The van der Waals surface area contributed by atoms with Crippen LogP contribution in [0.4, 0.5) is 0 Å². The van der Waals surface area contributed by atoms with Crippen LogP contribution in [0.1, 0.15) is 40.0 Å². The van der Waals surface area contributed by atoms with Crippen molar-refractivity contribution >= 4 is 29.7 Å². The molecule has 0 aliphatic carbocycles. The van der Waals surface area contributed by atoms with Crippen LogP contribution >= 0.6 is 0 Å². The minimum Gasteiger partial charge on any atom is -0.480 e. The first-order chi connectivity index (χ1) is 14.3. The fourth-order valence-electron chi connectivity index (χ4n) is 2.57. The molecule has 13 nitrogen and oxygen atoms in total. The van der Waals surface area contributed by atoms with E-state index in [4.69, 9.17) is 17.2 Å². The molecule has 3 amide bonds. The van der Waals surface area contributed by atoms with Gasteiger partial charge in [0.05, 0.1) is 18.7 Å². The molecule has 0 heterocycles. The molecule has 0 saturated carbocycles. The van der Waals surface area contributed by atoms with Crippen molar-refractivity contribution in [3.63, 3.8) is 0 Å². The Hall–Kier alpha value is -2.93. The number of aliphatic hydroxyl groups excluding tert-OH is 1. The van der Waals surface area contributed by atoms with Gasteiger partial charge >= 0.3 is 5.97 Å². The number of hydrogen-bond donors (Lipinski definition) is 8. The number of aliphatic imine (C=N–C) groups is 1. The van der Waals surface area contributed by atoms with Crippen molar-refractivity contribution in [1.29, 1.82) is 0 Å². The highest BCUT2D eigenvalue weighted by Gasteiger charge is 2.29. The Bertz CT molecular complexity index is 649. The predicted molar refractivity (Wildman–Crippen MR) is 114 cm³/mol. The number of carboxylic acids is 1. The second-order valence-corrected chi connectivity index (χ2v) is 7.59. The summed E-state index contributed by atoms with van der Waals surface area (Å²) >= 11 is 0. The zero-order valence-electron chi connectivity index (χ0n) is 18.1. The first-order valence-electron chi connectivity index (χ1n) is 9.94. The number of guanidine groups is 1. The molecule has 0 fully saturated rings. The second-order valence-electron chi connectivity index (χ2n) is 7.59. The lowest BCUT2D eigenvalue weighted by atomic mass is 10.0. The number of hydrogen-bond acceptors (Lipinski definition) is 7. The summed E-state index contributed by atoms with van der Waals surface area (Å²) in [7, 11) is 0. The third-order valence-electron chi connectivity index (χ3n) is 4.13. The summed E-state index contributed by atoms with van der Waals surface area (Å²) in [5, 5.41) is 26.0. The van der Waals surface area contributed by atoms with Gasteiger partial charge in [-0.2, -0.15) is 0 Å². The average Bonchev–Trinajstić information content (AvgIpc) is 2.64. The molecule has 31 heavy (non-hydrogen) atoms. The van der Waals surface area contributed by atoms with Gasteiger partial charge in [0.2, 0.25) is 17.7 Å². The van der Waals surface area contributed by atoms with Crippen LogP contribution in [0.3, 0.4) is 0 Å². The van der Waals surface area contributed by atoms with E-state index in [1.807, 2.05) is 13.8 Å². The van der Waals surface area contributed by atoms with E-state index in [9.17, 15) is 29.4 Å². The predicted octanol–water partition coefficient (Wildman–Crippen LogP) is -3.04. The molecule has 0 aromatic heterocycles. The van der Waals surface area contributed by atoms with Crippen LogP contribution in [-0.4, -0.2) is 77.2 Å². The molecular formula is C18H35N7O6. The van der Waals surface area contributed by atoms with Gasteiger partial charge in [-0.1, -0.05) is 13.8 Å². The Kier molecular flexibility index (Phi) is 12.8. The number of rotatable bonds is 14. The molecule has 178 valence electrons. The second kappa shape index (κ2) is 14.1. The topological polar surface area (TPSA) is 235 Å². The zero-order chi connectivity index (χ0) is 24.1. The number of carbonyl (C=O) groups excluding carboxylic acids is 3. The summed E-state index contributed by atoms with van der Waals surface area (Å²) in [5.41, 5.74) is 16.1. The van der Waals surface area contributed by atoms with Crippen molar-refractivity contribution < 1.29 is 29.4 Å². The van der Waals surface area contributed by atoms with Gasteiger partial charge < -0.3 is 43.4 Å². The Morgan fingerprint density at radius 3 is 2.13 bits per heavy atom.